The van der Waals surface area contributed by atoms with E-state index in [2.05, 4.69) is 37.9 Å². The summed E-state index contributed by atoms with van der Waals surface area (Å²) in [5.74, 6) is 1.60. The molecule has 0 bridgehead atoms. The van der Waals surface area contributed by atoms with Gasteiger partial charge in [0.05, 0.1) is 6.61 Å². The number of aliphatic hydroxyl groups is 1. The number of rotatable bonds is 9. The van der Waals surface area contributed by atoms with E-state index in [0.717, 1.165) is 12.3 Å². The first kappa shape index (κ1) is 17.2. The van der Waals surface area contributed by atoms with Crippen LogP contribution in [0, 0.1) is 11.8 Å². The van der Waals surface area contributed by atoms with Crippen molar-refractivity contribution in [2.75, 3.05) is 19.7 Å². The zero-order valence-electron chi connectivity index (χ0n) is 14.6. The molecular weight excluding hydrogens is 260 g/mol. The monoisotopic (exact) mass is 296 g/mol. The summed E-state index contributed by atoms with van der Waals surface area (Å²) in [6.07, 6.45) is 7.76. The first-order chi connectivity index (χ1) is 9.97. The predicted molar refractivity (Wildman–Crippen MR) is 89.5 cm³/mol. The third-order valence-electron chi connectivity index (χ3n) is 5.50. The van der Waals surface area contributed by atoms with Gasteiger partial charge in [0, 0.05) is 24.2 Å². The molecule has 2 aliphatic rings. The molecule has 2 rings (SSSR count). The van der Waals surface area contributed by atoms with Crippen LogP contribution >= 0.6 is 0 Å². The highest BCUT2D eigenvalue weighted by Crippen LogP contribution is 2.38. The molecule has 2 fully saturated rings. The van der Waals surface area contributed by atoms with Gasteiger partial charge in [-0.05, 0) is 64.3 Å². The van der Waals surface area contributed by atoms with Gasteiger partial charge in [-0.2, -0.15) is 0 Å². The van der Waals surface area contributed by atoms with Gasteiger partial charge in [0.2, 0.25) is 0 Å². The zero-order valence-corrected chi connectivity index (χ0v) is 14.6. The molecule has 0 aromatic carbocycles. The van der Waals surface area contributed by atoms with E-state index in [-0.39, 0.29) is 5.54 Å². The second kappa shape index (κ2) is 7.43. The fraction of sp³-hybridized carbons (Fsp3) is 1.00. The van der Waals surface area contributed by atoms with Crippen LogP contribution in [0.4, 0.5) is 0 Å². The Kier molecular flexibility index (Phi) is 6.10. The molecule has 0 spiro atoms. The molecule has 0 aromatic heterocycles. The Morgan fingerprint density at radius 1 is 1.19 bits per heavy atom. The van der Waals surface area contributed by atoms with Crippen LogP contribution < -0.4 is 5.32 Å². The van der Waals surface area contributed by atoms with E-state index in [0.29, 0.717) is 24.6 Å². The molecule has 21 heavy (non-hydrogen) atoms. The van der Waals surface area contributed by atoms with Crippen molar-refractivity contribution in [3.63, 3.8) is 0 Å². The molecule has 2 aliphatic carbocycles. The number of hydrogen-bond donors (Lipinski definition) is 2. The SMILES string of the molecule is CC(C)NC1(CO)CCCC1CCN(CC1CC1)C(C)C. The summed E-state index contributed by atoms with van der Waals surface area (Å²) in [7, 11) is 0. The van der Waals surface area contributed by atoms with E-state index in [1.807, 2.05) is 0 Å². The van der Waals surface area contributed by atoms with E-state index in [4.69, 9.17) is 0 Å². The van der Waals surface area contributed by atoms with Crippen molar-refractivity contribution in [2.45, 2.75) is 83.8 Å². The molecule has 2 N–H and O–H groups in total. The van der Waals surface area contributed by atoms with E-state index >= 15 is 0 Å². The van der Waals surface area contributed by atoms with Gasteiger partial charge in [0.1, 0.15) is 0 Å². The molecule has 2 atom stereocenters. The minimum Gasteiger partial charge on any atom is -0.394 e. The Hall–Kier alpha value is -0.120. The Morgan fingerprint density at radius 3 is 2.43 bits per heavy atom. The lowest BCUT2D eigenvalue weighted by atomic mass is 9.84. The molecule has 0 radical (unpaired) electrons. The summed E-state index contributed by atoms with van der Waals surface area (Å²) in [4.78, 5) is 2.66. The largest absolute Gasteiger partial charge is 0.394 e. The Balaban J connectivity index is 1.89. The minimum absolute atomic E-state index is 0.0175. The van der Waals surface area contributed by atoms with Gasteiger partial charge in [-0.3, -0.25) is 0 Å². The normalized spacial score (nSPS) is 30.0. The van der Waals surface area contributed by atoms with E-state index in [9.17, 15) is 5.11 Å². The smallest absolute Gasteiger partial charge is 0.0616 e. The van der Waals surface area contributed by atoms with Gasteiger partial charge in [0.15, 0.2) is 0 Å². The third-order valence-corrected chi connectivity index (χ3v) is 5.50. The van der Waals surface area contributed by atoms with E-state index < -0.39 is 0 Å². The van der Waals surface area contributed by atoms with Gasteiger partial charge >= 0.3 is 0 Å². The van der Waals surface area contributed by atoms with E-state index in [1.165, 1.54) is 45.2 Å². The number of hydrogen-bond acceptors (Lipinski definition) is 3. The van der Waals surface area contributed by atoms with Crippen molar-refractivity contribution in [3.05, 3.63) is 0 Å². The van der Waals surface area contributed by atoms with Crippen molar-refractivity contribution < 1.29 is 5.11 Å². The van der Waals surface area contributed by atoms with E-state index in [1.54, 1.807) is 0 Å². The average molecular weight is 296 g/mol. The van der Waals surface area contributed by atoms with Gasteiger partial charge in [0.25, 0.3) is 0 Å². The Labute approximate surface area is 131 Å². The third kappa shape index (κ3) is 4.67. The summed E-state index contributed by atoms with van der Waals surface area (Å²) < 4.78 is 0. The molecule has 3 nitrogen and oxygen atoms in total. The molecule has 2 unspecified atom stereocenters. The van der Waals surface area contributed by atoms with Gasteiger partial charge < -0.3 is 15.3 Å². The average Bonchev–Trinajstić information content (AvgIpc) is 3.15. The van der Waals surface area contributed by atoms with Crippen molar-refractivity contribution in [1.82, 2.24) is 10.2 Å². The van der Waals surface area contributed by atoms with Crippen molar-refractivity contribution >= 4 is 0 Å². The summed E-state index contributed by atoms with van der Waals surface area (Å²) in [5.41, 5.74) is -0.0175. The fourth-order valence-corrected chi connectivity index (χ4v) is 4.10. The molecule has 0 aliphatic heterocycles. The van der Waals surface area contributed by atoms with Crippen molar-refractivity contribution in [3.8, 4) is 0 Å². The van der Waals surface area contributed by atoms with Crippen LogP contribution in [-0.4, -0.2) is 47.3 Å². The standard InChI is InChI=1S/C18H36N2O/c1-14(2)19-18(13-21)10-5-6-17(18)9-11-20(15(3)4)12-16-7-8-16/h14-17,19,21H,5-13H2,1-4H3. The van der Waals surface area contributed by atoms with Gasteiger partial charge in [-0.1, -0.05) is 20.3 Å². The van der Waals surface area contributed by atoms with Crippen LogP contribution in [0.2, 0.25) is 0 Å². The molecule has 0 heterocycles. The maximum atomic E-state index is 9.99. The van der Waals surface area contributed by atoms with Crippen LogP contribution in [0.3, 0.4) is 0 Å². The highest BCUT2D eigenvalue weighted by Gasteiger charge is 2.42. The summed E-state index contributed by atoms with van der Waals surface area (Å²) >= 11 is 0. The molecule has 124 valence electrons. The predicted octanol–water partition coefficient (Wildman–Crippen LogP) is 3.03. The topological polar surface area (TPSA) is 35.5 Å². The summed E-state index contributed by atoms with van der Waals surface area (Å²) in [6.45, 7) is 11.8. The van der Waals surface area contributed by atoms with Crippen LogP contribution in [-0.2, 0) is 0 Å². The maximum Gasteiger partial charge on any atom is 0.0616 e. The lowest BCUT2D eigenvalue weighted by Crippen LogP contribution is -2.54. The quantitative estimate of drug-likeness (QED) is 0.686. The maximum absolute atomic E-state index is 9.99. The summed E-state index contributed by atoms with van der Waals surface area (Å²) in [6, 6.07) is 1.10. The molecule has 0 amide bonds. The minimum atomic E-state index is -0.0175. The van der Waals surface area contributed by atoms with Gasteiger partial charge in [-0.25, -0.2) is 0 Å². The van der Waals surface area contributed by atoms with Gasteiger partial charge in [-0.15, -0.1) is 0 Å². The second-order valence-electron chi connectivity index (χ2n) is 8.02. The highest BCUT2D eigenvalue weighted by molar-refractivity contribution is 5.00. The molecule has 2 saturated carbocycles. The van der Waals surface area contributed by atoms with Crippen LogP contribution in [0.5, 0.6) is 0 Å². The molecule has 0 saturated heterocycles. The van der Waals surface area contributed by atoms with Crippen molar-refractivity contribution in [2.24, 2.45) is 11.8 Å². The van der Waals surface area contributed by atoms with Crippen LogP contribution in [0.25, 0.3) is 0 Å². The lowest BCUT2D eigenvalue weighted by Gasteiger charge is -2.38. The second-order valence-corrected chi connectivity index (χ2v) is 8.02. The van der Waals surface area contributed by atoms with Crippen LogP contribution in [0.15, 0.2) is 0 Å². The Morgan fingerprint density at radius 2 is 1.90 bits per heavy atom. The van der Waals surface area contributed by atoms with Crippen LogP contribution in [0.1, 0.15) is 66.2 Å². The zero-order chi connectivity index (χ0) is 15.5. The number of nitrogens with zero attached hydrogens (tertiary/aromatic N) is 1. The Bertz CT molecular complexity index is 314. The first-order valence-corrected chi connectivity index (χ1v) is 9.09. The first-order valence-electron chi connectivity index (χ1n) is 9.09. The van der Waals surface area contributed by atoms with Crippen molar-refractivity contribution in [1.29, 1.82) is 0 Å². The molecule has 3 heteroatoms. The lowest BCUT2D eigenvalue weighted by molar-refractivity contribution is 0.0984. The fourth-order valence-electron chi connectivity index (χ4n) is 4.10. The molecular formula is C18H36N2O. The highest BCUT2D eigenvalue weighted by atomic mass is 16.3. The number of nitrogens with one attached hydrogen (secondary N) is 1. The summed E-state index contributed by atoms with van der Waals surface area (Å²) in [5, 5.41) is 13.7. The number of aliphatic hydroxyl groups excluding tert-OH is 1. The molecule has 0 aromatic rings.